The summed E-state index contributed by atoms with van der Waals surface area (Å²) in [7, 11) is 0. The summed E-state index contributed by atoms with van der Waals surface area (Å²) in [6.45, 7) is 4.12. The van der Waals surface area contributed by atoms with Crippen molar-refractivity contribution < 1.29 is 19.8 Å². The second kappa shape index (κ2) is 10.6. The molecule has 170 valence electrons. The number of amides is 2. The fourth-order valence-corrected chi connectivity index (χ4v) is 3.92. The lowest BCUT2D eigenvalue weighted by atomic mass is 10.0. The van der Waals surface area contributed by atoms with E-state index >= 15 is 0 Å². The van der Waals surface area contributed by atoms with Crippen LogP contribution in [0.25, 0.3) is 0 Å². The van der Waals surface area contributed by atoms with E-state index in [4.69, 9.17) is 17.4 Å². The lowest BCUT2D eigenvalue weighted by molar-refractivity contribution is -0.153. The first-order chi connectivity index (χ1) is 15.3. The summed E-state index contributed by atoms with van der Waals surface area (Å²) in [4.78, 5) is 26.7. The van der Waals surface area contributed by atoms with Crippen LogP contribution in [0, 0.1) is 0 Å². The van der Waals surface area contributed by atoms with Crippen molar-refractivity contribution in [3.63, 3.8) is 0 Å². The molecule has 1 unspecified atom stereocenters. The number of aliphatic hydroxyl groups is 2. The van der Waals surface area contributed by atoms with Gasteiger partial charge in [-0.1, -0.05) is 42.4 Å². The molecule has 1 fully saturated rings. The van der Waals surface area contributed by atoms with Crippen LogP contribution < -0.4 is 16.2 Å². The minimum atomic E-state index is -1.89. The molecule has 3 atom stereocenters. The predicted molar refractivity (Wildman–Crippen MR) is 122 cm³/mol. The number of aliphatic hydroxyl groups excluding tert-OH is 2. The molecule has 3 rings (SSSR count). The number of nitrogens with one attached hydrogen (secondary N) is 1. The van der Waals surface area contributed by atoms with Crippen molar-refractivity contribution in [1.29, 1.82) is 0 Å². The number of hydrogen-bond donors (Lipinski definition) is 4. The summed E-state index contributed by atoms with van der Waals surface area (Å²) in [5.41, 5.74) is 2.33. The van der Waals surface area contributed by atoms with Crippen molar-refractivity contribution in [2.75, 3.05) is 11.6 Å². The molecule has 5 N–H and O–H groups in total. The first-order valence-electron chi connectivity index (χ1n) is 10.3. The molecule has 0 aliphatic carbocycles. The van der Waals surface area contributed by atoms with Gasteiger partial charge in [0, 0.05) is 24.3 Å². The summed E-state index contributed by atoms with van der Waals surface area (Å²) in [5.74, 6) is 4.19. The molecule has 1 saturated heterocycles. The summed E-state index contributed by atoms with van der Waals surface area (Å²) in [5, 5.41) is 25.1. The fourth-order valence-electron chi connectivity index (χ4n) is 3.72. The molecule has 1 aliphatic heterocycles. The largest absolute Gasteiger partial charge is 0.380 e. The number of hydrogen-bond acceptors (Lipinski definition) is 6. The minimum absolute atomic E-state index is 0.116. The monoisotopic (exact) mass is 458 g/mol. The molecule has 0 spiro atoms. The van der Waals surface area contributed by atoms with Crippen molar-refractivity contribution in [2.24, 2.45) is 5.84 Å². The Morgan fingerprint density at radius 1 is 1.25 bits per heavy atom. The number of carbonyl (C=O) groups is 2. The Labute approximate surface area is 191 Å². The highest BCUT2D eigenvalue weighted by atomic mass is 35.5. The lowest BCUT2D eigenvalue weighted by Crippen LogP contribution is -2.50. The van der Waals surface area contributed by atoms with Gasteiger partial charge in [0.2, 0.25) is 0 Å². The quantitative estimate of drug-likeness (QED) is 0.354. The SMILES string of the molecule is C=CN(N)c1ccc(CNC(=O)[C@H](O)[C@@H](O)C(=O)N2CCCC2c2cccc(Cl)c2)cc1. The number of carbonyl (C=O) groups excluding carboxylic acids is 2. The van der Waals surface area contributed by atoms with Gasteiger partial charge in [-0.3, -0.25) is 14.6 Å². The molecule has 0 radical (unpaired) electrons. The summed E-state index contributed by atoms with van der Waals surface area (Å²) >= 11 is 6.06. The predicted octanol–water partition coefficient (Wildman–Crippen LogP) is 1.87. The maximum Gasteiger partial charge on any atom is 0.255 e. The molecule has 0 bridgehead atoms. The maximum absolute atomic E-state index is 12.8. The van der Waals surface area contributed by atoms with Crippen LogP contribution >= 0.6 is 11.6 Å². The molecule has 0 aromatic heterocycles. The van der Waals surface area contributed by atoms with E-state index < -0.39 is 24.0 Å². The number of nitrogens with two attached hydrogens (primary N) is 1. The van der Waals surface area contributed by atoms with Crippen LogP contribution in [0.2, 0.25) is 5.02 Å². The number of nitrogens with zero attached hydrogens (tertiary/aromatic N) is 2. The highest BCUT2D eigenvalue weighted by Gasteiger charge is 2.38. The molecular formula is C23H27ClN4O4. The Balaban J connectivity index is 1.59. The molecule has 2 aromatic carbocycles. The van der Waals surface area contributed by atoms with E-state index in [0.29, 0.717) is 18.0 Å². The van der Waals surface area contributed by atoms with E-state index in [1.54, 1.807) is 42.5 Å². The molecule has 1 aliphatic rings. The summed E-state index contributed by atoms with van der Waals surface area (Å²) < 4.78 is 0. The standard InChI is InChI=1S/C23H27ClN4O4/c1-2-28(25)18-10-8-15(9-11-18)14-26-22(31)20(29)21(30)23(32)27-12-4-7-19(27)16-5-3-6-17(24)13-16/h2-3,5-6,8-11,13,19-21,29-30H,1,4,7,12,14,25H2,(H,26,31)/t19?,20-,21-/m1/s1. The van der Waals surface area contributed by atoms with E-state index in [1.165, 1.54) is 16.1 Å². The van der Waals surface area contributed by atoms with Crippen molar-refractivity contribution in [3.8, 4) is 0 Å². The normalized spacial score (nSPS) is 17.5. The van der Waals surface area contributed by atoms with Crippen molar-refractivity contribution in [1.82, 2.24) is 10.2 Å². The average molecular weight is 459 g/mol. The van der Waals surface area contributed by atoms with Crippen molar-refractivity contribution in [3.05, 3.63) is 77.5 Å². The van der Waals surface area contributed by atoms with Gasteiger partial charge in [0.25, 0.3) is 11.8 Å². The topological polar surface area (TPSA) is 119 Å². The molecular weight excluding hydrogens is 432 g/mol. The first kappa shape index (κ1) is 23.7. The van der Waals surface area contributed by atoms with E-state index in [9.17, 15) is 19.8 Å². The lowest BCUT2D eigenvalue weighted by Gasteiger charge is -2.28. The van der Waals surface area contributed by atoms with Gasteiger partial charge >= 0.3 is 0 Å². The smallest absolute Gasteiger partial charge is 0.255 e. The van der Waals surface area contributed by atoms with Gasteiger partial charge < -0.3 is 20.4 Å². The highest BCUT2D eigenvalue weighted by Crippen LogP contribution is 2.33. The Morgan fingerprint density at radius 3 is 2.62 bits per heavy atom. The highest BCUT2D eigenvalue weighted by molar-refractivity contribution is 6.30. The number of likely N-dealkylation sites (tertiary alicyclic amines) is 1. The molecule has 0 saturated carbocycles. The van der Waals surface area contributed by atoms with Gasteiger partial charge in [-0.25, -0.2) is 5.84 Å². The van der Waals surface area contributed by atoms with Gasteiger partial charge in [-0.2, -0.15) is 0 Å². The average Bonchev–Trinajstić information content (AvgIpc) is 3.31. The van der Waals surface area contributed by atoms with Crippen LogP contribution in [-0.4, -0.2) is 45.7 Å². The fraction of sp³-hybridized carbons (Fsp3) is 0.304. The third kappa shape index (κ3) is 5.46. The van der Waals surface area contributed by atoms with Gasteiger partial charge in [-0.15, -0.1) is 0 Å². The third-order valence-corrected chi connectivity index (χ3v) is 5.72. The first-order valence-corrected chi connectivity index (χ1v) is 10.6. The molecule has 32 heavy (non-hydrogen) atoms. The number of hydrazine groups is 1. The van der Waals surface area contributed by atoms with E-state index in [2.05, 4.69) is 11.9 Å². The third-order valence-electron chi connectivity index (χ3n) is 5.49. The molecule has 9 heteroatoms. The number of benzene rings is 2. The second-order valence-electron chi connectivity index (χ2n) is 7.61. The molecule has 2 aromatic rings. The van der Waals surface area contributed by atoms with Crippen LogP contribution in [-0.2, 0) is 16.1 Å². The van der Waals surface area contributed by atoms with Crippen molar-refractivity contribution >= 4 is 29.1 Å². The van der Waals surface area contributed by atoms with Gasteiger partial charge in [-0.05, 0) is 48.2 Å². The van der Waals surface area contributed by atoms with E-state index in [-0.39, 0.29) is 12.6 Å². The Hall–Kier alpha value is -2.91. The Bertz CT molecular complexity index is 969. The zero-order valence-corrected chi connectivity index (χ0v) is 18.3. The van der Waals surface area contributed by atoms with Crippen LogP contribution in [0.3, 0.4) is 0 Å². The van der Waals surface area contributed by atoms with Gasteiger partial charge in [0.15, 0.2) is 12.2 Å². The zero-order chi connectivity index (χ0) is 23.3. The van der Waals surface area contributed by atoms with E-state index in [1.807, 2.05) is 6.07 Å². The van der Waals surface area contributed by atoms with Gasteiger partial charge in [0.1, 0.15) is 0 Å². The minimum Gasteiger partial charge on any atom is -0.380 e. The van der Waals surface area contributed by atoms with Crippen LogP contribution in [0.15, 0.2) is 61.3 Å². The molecule has 8 nitrogen and oxygen atoms in total. The second-order valence-corrected chi connectivity index (χ2v) is 8.04. The van der Waals surface area contributed by atoms with Crippen molar-refractivity contribution in [2.45, 2.75) is 37.6 Å². The van der Waals surface area contributed by atoms with E-state index in [0.717, 1.165) is 23.2 Å². The molecule has 1 heterocycles. The molecule has 2 amide bonds. The maximum atomic E-state index is 12.8. The van der Waals surface area contributed by atoms with Crippen LogP contribution in [0.1, 0.15) is 30.0 Å². The van der Waals surface area contributed by atoms with Gasteiger partial charge in [0.05, 0.1) is 11.7 Å². The Morgan fingerprint density at radius 2 is 1.97 bits per heavy atom. The Kier molecular flexibility index (Phi) is 7.87. The summed E-state index contributed by atoms with van der Waals surface area (Å²) in [6, 6.07) is 13.9. The number of anilines is 1. The zero-order valence-electron chi connectivity index (χ0n) is 17.5. The van der Waals surface area contributed by atoms with Crippen LogP contribution in [0.5, 0.6) is 0 Å². The summed E-state index contributed by atoms with van der Waals surface area (Å²) in [6.07, 6.45) is -0.829. The number of rotatable bonds is 8. The van der Waals surface area contributed by atoms with Crippen LogP contribution in [0.4, 0.5) is 5.69 Å². The number of halogens is 1.